The van der Waals surface area contributed by atoms with Crippen molar-refractivity contribution >= 4 is 88.6 Å². The summed E-state index contributed by atoms with van der Waals surface area (Å²) in [5, 5.41) is 37.4. The molecule has 13 N–H and O–H groups in total. The minimum absolute atomic E-state index is 0.0203. The number of amides is 15. The second kappa shape index (κ2) is 61.1. The molecule has 38 heteroatoms. The number of nitrogens with one attached hydrogen (secondary N) is 13. The Labute approximate surface area is 797 Å². The van der Waals surface area contributed by atoms with Crippen molar-refractivity contribution in [1.29, 1.82) is 0 Å². The molecule has 0 aromatic heterocycles. The molecule has 0 radical (unpaired) electrons. The monoisotopic (exact) mass is 1910 g/mol. The van der Waals surface area contributed by atoms with Gasteiger partial charge >= 0.3 is 0 Å². The van der Waals surface area contributed by atoms with E-state index in [1.807, 2.05) is 13.8 Å². The average Bonchev–Trinajstić information content (AvgIpc) is 1.11. The van der Waals surface area contributed by atoms with E-state index in [9.17, 15) is 71.9 Å². The molecule has 5 heterocycles. The summed E-state index contributed by atoms with van der Waals surface area (Å²) in [6, 6.07) is 0.626. The molecular formula is C97H160N14O24. The van der Waals surface area contributed by atoms with Crippen molar-refractivity contribution < 1.29 is 115 Å². The van der Waals surface area contributed by atoms with Gasteiger partial charge in [-0.25, -0.2) is 0 Å². The third kappa shape index (κ3) is 39.6. The molecule has 1 aromatic rings. The van der Waals surface area contributed by atoms with Crippen LogP contribution in [0.1, 0.15) is 279 Å². The topological polar surface area (TPSA) is 499 Å². The zero-order chi connectivity index (χ0) is 99.2. The number of unbranched alkanes of at least 4 members (excludes halogenated alkanes) is 6. The van der Waals surface area contributed by atoms with Crippen molar-refractivity contribution in [2.75, 3.05) is 85.4 Å². The van der Waals surface area contributed by atoms with Gasteiger partial charge in [0.15, 0.2) is 25.2 Å². The number of carbonyl (C=O) groups is 15. The first-order valence-electron chi connectivity index (χ1n) is 49.5. The summed E-state index contributed by atoms with van der Waals surface area (Å²) >= 11 is 0. The highest BCUT2D eigenvalue weighted by atomic mass is 16.7. The summed E-state index contributed by atoms with van der Waals surface area (Å²) < 4.78 is 55.8. The first-order chi connectivity index (χ1) is 64.5. The normalized spacial score (nSPS) is 25.8. The molecule has 135 heavy (non-hydrogen) atoms. The van der Waals surface area contributed by atoms with Crippen molar-refractivity contribution in [2.45, 2.75) is 344 Å². The highest BCUT2D eigenvalue weighted by molar-refractivity contribution is 6.13. The van der Waals surface area contributed by atoms with E-state index in [0.717, 1.165) is 42.7 Å². The molecule has 5 aliphatic heterocycles. The third-order valence-electron chi connectivity index (χ3n) is 26.5. The SMILES string of the molecule is CCC1OC(OCCCCC(=O)NCCCCC(NC(=O)CCCCOC2OC(CC)C(C)C(C)C2NC(C)=O)C(=O)NCCNC(=O)c2cc(OCCNC(=O)CCN3C(=O)C=CC3=O)cc(C(=O)NCCNC(=O)[C@H](CCCCNC(=O)CCCCOC3OC(CC)C(C)C(C)C3NC(C)=O)NC(=O)CCCCOC3OC(CC)C(C)C(C)C3NC(C)=O)c2)C(NC(C)=O)C(C)C1C. The van der Waals surface area contributed by atoms with E-state index in [1.54, 1.807) is 0 Å². The van der Waals surface area contributed by atoms with E-state index in [1.165, 1.54) is 45.9 Å². The lowest BCUT2D eigenvalue weighted by molar-refractivity contribution is -0.236. The second-order valence-corrected chi connectivity index (χ2v) is 36.8. The first-order valence-corrected chi connectivity index (χ1v) is 49.5. The number of imide groups is 1. The van der Waals surface area contributed by atoms with Gasteiger partial charge in [0, 0.05) is 155 Å². The Morgan fingerprint density at radius 3 is 0.941 bits per heavy atom. The minimum atomic E-state index is -1.02. The van der Waals surface area contributed by atoms with Gasteiger partial charge in [0.2, 0.25) is 65.0 Å². The lowest BCUT2D eigenvalue weighted by Crippen LogP contribution is -2.57. The maximum Gasteiger partial charge on any atom is 0.253 e. The van der Waals surface area contributed by atoms with Crippen LogP contribution in [0.2, 0.25) is 0 Å². The summed E-state index contributed by atoms with van der Waals surface area (Å²) in [5.41, 5.74) is -0.0998. The van der Waals surface area contributed by atoms with Crippen LogP contribution in [0, 0.1) is 47.3 Å². The van der Waals surface area contributed by atoms with Gasteiger partial charge in [-0.3, -0.25) is 76.8 Å². The van der Waals surface area contributed by atoms with Gasteiger partial charge < -0.3 is 112 Å². The molecule has 5 aliphatic rings. The molecule has 1 aromatic carbocycles. The van der Waals surface area contributed by atoms with Crippen molar-refractivity contribution in [3.63, 3.8) is 0 Å². The molecule has 21 unspecified atom stereocenters. The smallest absolute Gasteiger partial charge is 0.253 e. The van der Waals surface area contributed by atoms with Gasteiger partial charge in [-0.05, 0) is 181 Å². The molecule has 4 saturated heterocycles. The number of carbonyl (C=O) groups excluding carboxylic acids is 15. The Kier molecular flexibility index (Phi) is 51.8. The molecule has 22 atom stereocenters. The maximum atomic E-state index is 14.2. The van der Waals surface area contributed by atoms with Crippen LogP contribution in [0.5, 0.6) is 5.75 Å². The van der Waals surface area contributed by atoms with Gasteiger partial charge in [0.1, 0.15) is 24.4 Å². The van der Waals surface area contributed by atoms with Gasteiger partial charge in [0.25, 0.3) is 23.6 Å². The molecule has 0 bridgehead atoms. The predicted octanol–water partition coefficient (Wildman–Crippen LogP) is 6.13. The fourth-order valence-corrected chi connectivity index (χ4v) is 17.8. The third-order valence-corrected chi connectivity index (χ3v) is 26.5. The van der Waals surface area contributed by atoms with E-state index in [4.69, 9.17) is 42.6 Å². The van der Waals surface area contributed by atoms with Crippen molar-refractivity contribution in [1.82, 2.24) is 74.0 Å². The first kappa shape index (κ1) is 114. The van der Waals surface area contributed by atoms with Gasteiger partial charge in [-0.1, -0.05) is 83.1 Å². The zero-order valence-electron chi connectivity index (χ0n) is 82.8. The zero-order valence-corrected chi connectivity index (χ0v) is 82.8. The van der Waals surface area contributed by atoms with Gasteiger partial charge in [-0.2, -0.15) is 0 Å². The molecule has 4 fully saturated rings. The van der Waals surface area contributed by atoms with E-state index in [2.05, 4.69) is 138 Å². The molecule has 38 nitrogen and oxygen atoms in total. The standard InChI is InChI=1S/C97H160N14O24/c1-17-75-58(5)62(9)86(105-66(13)112)94(132-75)128-50-29-23-35-79(116)98-42-27-21-33-73(109-82(119)37-25-31-52-130-96-88(107-68(15)114)64(11)60(7)77(19-3)134-96)92(125)103-46-44-101-90(123)70-55-71(57-72(56-70)127-54-48-100-81(118)41-49-111-84(121)39-40-85(111)122)91(124)102-45-47-104-93(126)74(110-83(120)38-26-32-53-131-97-89(108-69(16)115)65(12)61(8)78(20-4)135-97)34-22-28-43-99-80(117)36-24-30-51-129-95-87(106-67(14)113)63(10)59(6)76(18-2)133-95/h39-40,55-65,73-78,86-89,94-97H,17-38,41-54H2,1-16H3,(H,98,116)(H,99,117)(H,100,118)(H,101,123)(H,102,124)(H,103,125)(H,104,126)(H,105,112)(H,106,113)(H,107,114)(H,108,115)(H,109,119)(H,110,120)/t58?,59?,60?,61?,62?,63?,64?,65?,73-,74?,75?,76?,77?,78?,86?,87?,88?,89?,94?,95?,96?,97?/m0/s1. The molecule has 6 rings (SSSR count). The summed E-state index contributed by atoms with van der Waals surface area (Å²) in [5.74, 6) is -4.72. The fourth-order valence-electron chi connectivity index (χ4n) is 17.8. The molecule has 762 valence electrons. The minimum Gasteiger partial charge on any atom is -0.492 e. The number of rotatable bonds is 61. The molecule has 0 spiro atoms. The number of nitrogens with zero attached hydrogens (tertiary/aromatic N) is 1. The summed E-state index contributed by atoms with van der Waals surface area (Å²) in [4.78, 5) is 197. The lowest BCUT2D eigenvalue weighted by Gasteiger charge is -2.44. The van der Waals surface area contributed by atoms with Crippen LogP contribution in [0.15, 0.2) is 30.4 Å². The van der Waals surface area contributed by atoms with Crippen LogP contribution in [0.3, 0.4) is 0 Å². The maximum absolute atomic E-state index is 14.2. The number of ether oxygens (including phenoxy) is 9. The number of hydrogen-bond donors (Lipinski definition) is 13. The summed E-state index contributed by atoms with van der Waals surface area (Å²) in [7, 11) is 0. The van der Waals surface area contributed by atoms with E-state index < -0.39 is 90.4 Å². The highest BCUT2D eigenvalue weighted by Crippen LogP contribution is 2.37. The molecule has 0 aliphatic carbocycles. The summed E-state index contributed by atoms with van der Waals surface area (Å²) in [6.45, 7) is 31.5. The van der Waals surface area contributed by atoms with Crippen molar-refractivity contribution in [3.05, 3.63) is 41.5 Å². The predicted molar refractivity (Wildman–Crippen MR) is 502 cm³/mol. The van der Waals surface area contributed by atoms with Crippen molar-refractivity contribution in [2.24, 2.45) is 47.3 Å². The van der Waals surface area contributed by atoms with Gasteiger partial charge in [0.05, 0.1) is 55.1 Å². The van der Waals surface area contributed by atoms with Crippen LogP contribution in [0.4, 0.5) is 0 Å². The van der Waals surface area contributed by atoms with Crippen LogP contribution >= 0.6 is 0 Å². The largest absolute Gasteiger partial charge is 0.492 e. The Hall–Kier alpha value is -9.31. The quantitative estimate of drug-likeness (QED) is 0.0258. The van der Waals surface area contributed by atoms with Crippen LogP contribution in [-0.2, 0) is 100 Å². The van der Waals surface area contributed by atoms with Gasteiger partial charge in [-0.15, -0.1) is 0 Å². The fraction of sp³-hybridized carbons (Fsp3) is 0.763. The van der Waals surface area contributed by atoms with Crippen LogP contribution in [0.25, 0.3) is 0 Å². The number of benzene rings is 1. The molecule has 15 amide bonds. The van der Waals surface area contributed by atoms with E-state index in [0.29, 0.717) is 103 Å². The summed E-state index contributed by atoms with van der Waals surface area (Å²) in [6.07, 6.45) is 9.01. The Morgan fingerprint density at radius 2 is 0.630 bits per heavy atom. The average molecular weight is 1910 g/mol. The van der Waals surface area contributed by atoms with E-state index in [-0.39, 0.29) is 252 Å². The second-order valence-electron chi connectivity index (χ2n) is 36.8. The number of hydrogen-bond acceptors (Lipinski definition) is 24. The molecular weight excluding hydrogens is 1750 g/mol. The molecule has 0 saturated carbocycles. The van der Waals surface area contributed by atoms with Crippen LogP contribution < -0.4 is 73.9 Å². The van der Waals surface area contributed by atoms with Crippen LogP contribution in [-0.4, -0.2) is 265 Å². The van der Waals surface area contributed by atoms with E-state index >= 15 is 0 Å². The highest BCUT2D eigenvalue weighted by Gasteiger charge is 2.46. The Balaban J connectivity index is 1.07. The lowest BCUT2D eigenvalue weighted by atomic mass is 9.81. The Morgan fingerprint density at radius 1 is 0.333 bits per heavy atom. The van der Waals surface area contributed by atoms with Crippen molar-refractivity contribution in [3.8, 4) is 5.75 Å². The Bertz CT molecular complexity index is 3760.